The number of halogens is 4. The smallest absolute Gasteiger partial charge is 0.198 e. The molecule has 56 heavy (non-hydrogen) atoms. The molecule has 8 bridgehead atoms. The summed E-state index contributed by atoms with van der Waals surface area (Å²) in [5, 5.41) is 0. The van der Waals surface area contributed by atoms with E-state index in [9.17, 15) is 0 Å². The summed E-state index contributed by atoms with van der Waals surface area (Å²) in [7, 11) is 0. The van der Waals surface area contributed by atoms with E-state index >= 15 is 17.6 Å². The van der Waals surface area contributed by atoms with Gasteiger partial charge in [0.05, 0.1) is 33.9 Å². The molecular weight excluding hydrogens is 709 g/mol. The average molecular weight is 737 g/mol. The molecule has 0 atom stereocenters. The second-order valence-electron chi connectivity index (χ2n) is 13.6. The predicted molar refractivity (Wildman–Crippen MR) is 216 cm³/mol. The van der Waals surface area contributed by atoms with Crippen molar-refractivity contribution in [1.29, 1.82) is 0 Å². The third-order valence-electron chi connectivity index (χ3n) is 10.3. The molecule has 10 rings (SSSR count). The van der Waals surface area contributed by atoms with Gasteiger partial charge in [-0.15, -0.1) is 0 Å². The molecule has 0 saturated heterocycles. The molecule has 8 heteroatoms. The van der Waals surface area contributed by atoms with Crippen LogP contribution in [-0.2, 0) is 0 Å². The van der Waals surface area contributed by atoms with Gasteiger partial charge in [-0.3, -0.25) is 0 Å². The number of aromatic amines is 2. The Morgan fingerprint density at radius 3 is 1.11 bits per heavy atom. The van der Waals surface area contributed by atoms with Crippen LogP contribution in [0.2, 0.25) is 0 Å². The molecule has 5 aromatic carbocycles. The second kappa shape index (κ2) is 13.2. The molecule has 0 amide bonds. The third kappa shape index (κ3) is 5.29. The lowest BCUT2D eigenvalue weighted by Gasteiger charge is -2.11. The first-order chi connectivity index (χ1) is 27.5. The SMILES string of the molecule is Fc1c(F)c(F)c2c(c1F)-c1nc-2c(-c2ccccc2)c2ccc([nH]2)c(-c2ccccc2)c2ccc([nH]2)c(-c2ccccc2)c2nc(c1-c1ccccc1)C=C2. The summed E-state index contributed by atoms with van der Waals surface area (Å²) in [6.45, 7) is 0. The van der Waals surface area contributed by atoms with Gasteiger partial charge in [0.25, 0.3) is 0 Å². The minimum atomic E-state index is -1.92. The van der Waals surface area contributed by atoms with Crippen molar-refractivity contribution in [1.82, 2.24) is 19.9 Å². The van der Waals surface area contributed by atoms with Crippen molar-refractivity contribution >= 4 is 34.2 Å². The van der Waals surface area contributed by atoms with Crippen LogP contribution in [0.15, 0.2) is 146 Å². The van der Waals surface area contributed by atoms with Crippen LogP contribution in [0.5, 0.6) is 0 Å². The summed E-state index contributed by atoms with van der Waals surface area (Å²) < 4.78 is 63.9. The van der Waals surface area contributed by atoms with E-state index in [-0.39, 0.29) is 11.4 Å². The average Bonchev–Trinajstić information content (AvgIpc) is 4.08. The topological polar surface area (TPSA) is 57.4 Å². The number of hydrogen-bond acceptors (Lipinski definition) is 2. The Morgan fingerprint density at radius 1 is 0.304 bits per heavy atom. The van der Waals surface area contributed by atoms with Crippen LogP contribution in [0.25, 0.3) is 101 Å². The van der Waals surface area contributed by atoms with E-state index in [0.29, 0.717) is 44.7 Å². The van der Waals surface area contributed by atoms with Crippen LogP contribution in [0, 0.1) is 23.3 Å². The monoisotopic (exact) mass is 736 g/mol. The molecule has 0 aliphatic carbocycles. The van der Waals surface area contributed by atoms with Gasteiger partial charge in [-0.25, -0.2) is 27.5 Å². The number of rotatable bonds is 4. The summed E-state index contributed by atoms with van der Waals surface area (Å²) in [6.07, 6.45) is 3.65. The highest BCUT2D eigenvalue weighted by molar-refractivity contribution is 6.04. The first-order valence-corrected chi connectivity index (χ1v) is 18.0. The summed E-state index contributed by atoms with van der Waals surface area (Å²) in [6, 6.07) is 45.7. The van der Waals surface area contributed by atoms with E-state index in [4.69, 9.17) is 9.97 Å². The van der Waals surface area contributed by atoms with Crippen molar-refractivity contribution in [2.45, 2.75) is 0 Å². The second-order valence-corrected chi connectivity index (χ2v) is 13.6. The molecule has 5 heterocycles. The molecule has 0 unspecified atom stereocenters. The molecule has 4 nitrogen and oxygen atoms in total. The first kappa shape index (κ1) is 33.3. The molecule has 2 N–H and O–H groups in total. The summed E-state index contributed by atoms with van der Waals surface area (Å²) in [4.78, 5) is 17.4. The van der Waals surface area contributed by atoms with Gasteiger partial charge in [-0.05, 0) is 58.7 Å². The Hall–Kier alpha value is -7.32. The van der Waals surface area contributed by atoms with Gasteiger partial charge in [0.1, 0.15) is 0 Å². The molecule has 3 aromatic heterocycles. The minimum absolute atomic E-state index is 0.0582. The number of aromatic nitrogens is 4. The molecule has 0 fully saturated rings. The Kier molecular flexibility index (Phi) is 7.85. The fourth-order valence-corrected chi connectivity index (χ4v) is 7.82. The van der Waals surface area contributed by atoms with E-state index in [2.05, 4.69) is 9.97 Å². The van der Waals surface area contributed by atoms with Crippen LogP contribution in [0.3, 0.4) is 0 Å². The number of fused-ring (bicyclic) bond motifs is 11. The van der Waals surface area contributed by atoms with Gasteiger partial charge in [0.15, 0.2) is 23.3 Å². The van der Waals surface area contributed by atoms with Gasteiger partial charge in [-0.1, -0.05) is 121 Å². The highest BCUT2D eigenvalue weighted by Gasteiger charge is 2.36. The highest BCUT2D eigenvalue weighted by Crippen LogP contribution is 2.50. The van der Waals surface area contributed by atoms with E-state index < -0.39 is 34.4 Å². The highest BCUT2D eigenvalue weighted by atomic mass is 19.2. The van der Waals surface area contributed by atoms with E-state index in [1.165, 1.54) is 0 Å². The Balaban J connectivity index is 1.49. The molecule has 0 spiro atoms. The Bertz CT molecular complexity index is 3050. The van der Waals surface area contributed by atoms with Crippen molar-refractivity contribution in [2.75, 3.05) is 0 Å². The molecule has 268 valence electrons. The van der Waals surface area contributed by atoms with Crippen molar-refractivity contribution in [3.63, 3.8) is 0 Å². The molecule has 0 radical (unpaired) electrons. The van der Waals surface area contributed by atoms with E-state index in [0.717, 1.165) is 33.3 Å². The molecular formula is C48H28F4N4. The lowest BCUT2D eigenvalue weighted by atomic mass is 9.93. The zero-order valence-corrected chi connectivity index (χ0v) is 29.4. The zero-order valence-electron chi connectivity index (χ0n) is 29.4. The third-order valence-corrected chi connectivity index (χ3v) is 10.3. The Labute approximate surface area is 318 Å². The predicted octanol–water partition coefficient (Wildman–Crippen LogP) is 13.0. The fourth-order valence-electron chi connectivity index (χ4n) is 7.82. The van der Waals surface area contributed by atoms with Crippen molar-refractivity contribution in [3.8, 4) is 67.0 Å². The Morgan fingerprint density at radius 2 is 0.643 bits per heavy atom. The van der Waals surface area contributed by atoms with Gasteiger partial charge in [-0.2, -0.15) is 0 Å². The molecule has 0 saturated carbocycles. The molecule has 2 aliphatic heterocycles. The van der Waals surface area contributed by atoms with E-state index in [1.54, 1.807) is 30.3 Å². The van der Waals surface area contributed by atoms with Crippen molar-refractivity contribution in [2.24, 2.45) is 0 Å². The lowest BCUT2D eigenvalue weighted by Crippen LogP contribution is -2.01. The normalized spacial score (nSPS) is 11.9. The largest absolute Gasteiger partial charge is 0.354 e. The molecule has 8 aromatic rings. The standard InChI is InChI=1S/C48H28F4N4/c49-43-41-42(44(50)46(52)45(43)51)48-40(30-19-11-4-12-20-30)36-26-24-34(55-36)38(28-15-7-2-8-16-28)32-22-21-31(53-32)37(27-13-5-1-6-14-27)33-23-25-35(54-33)39(47(41)56-48)29-17-9-3-10-18-29/h1-26,53-54H. The van der Waals surface area contributed by atoms with Crippen LogP contribution in [0.4, 0.5) is 17.6 Å². The maximum Gasteiger partial charge on any atom is 0.198 e. The summed E-state index contributed by atoms with van der Waals surface area (Å²) in [5.41, 5.74) is 8.02. The zero-order chi connectivity index (χ0) is 37.9. The number of hydrogen-bond donors (Lipinski definition) is 2. The van der Waals surface area contributed by atoms with Crippen LogP contribution < -0.4 is 0 Å². The summed E-state index contributed by atoms with van der Waals surface area (Å²) >= 11 is 0. The number of nitrogens with zero attached hydrogens (tertiary/aromatic N) is 2. The lowest BCUT2D eigenvalue weighted by molar-refractivity contribution is 0.413. The number of benzene rings is 5. The molecule has 2 aliphatic rings. The number of H-pyrrole nitrogens is 2. The minimum Gasteiger partial charge on any atom is -0.354 e. The number of nitrogens with one attached hydrogen (secondary N) is 2. The van der Waals surface area contributed by atoms with Crippen molar-refractivity contribution in [3.05, 3.63) is 180 Å². The van der Waals surface area contributed by atoms with Crippen LogP contribution in [0.1, 0.15) is 11.4 Å². The van der Waals surface area contributed by atoms with Crippen LogP contribution >= 0.6 is 0 Å². The van der Waals surface area contributed by atoms with Gasteiger partial charge in [0, 0.05) is 44.3 Å². The van der Waals surface area contributed by atoms with Gasteiger partial charge in [0.2, 0.25) is 0 Å². The van der Waals surface area contributed by atoms with Crippen LogP contribution in [-0.4, -0.2) is 19.9 Å². The first-order valence-electron chi connectivity index (χ1n) is 18.0. The summed E-state index contributed by atoms with van der Waals surface area (Å²) in [5.74, 6) is -6.92. The fraction of sp³-hybridized carbons (Fsp3) is 0. The van der Waals surface area contributed by atoms with E-state index in [1.807, 2.05) is 127 Å². The maximum atomic E-state index is 16.5. The van der Waals surface area contributed by atoms with Crippen molar-refractivity contribution < 1.29 is 17.6 Å². The quantitative estimate of drug-likeness (QED) is 0.107. The van der Waals surface area contributed by atoms with Gasteiger partial charge < -0.3 is 9.97 Å². The van der Waals surface area contributed by atoms with Gasteiger partial charge >= 0.3 is 0 Å². The maximum absolute atomic E-state index is 16.5.